The maximum atomic E-state index is 9.05. The maximum absolute atomic E-state index is 9.05. The lowest BCUT2D eigenvalue weighted by molar-refractivity contribution is 0.127. The summed E-state index contributed by atoms with van der Waals surface area (Å²) in [7, 11) is 1.67. The third-order valence-electron chi connectivity index (χ3n) is 2.67. The number of aliphatic hydroxyl groups excluding tert-OH is 2. The van der Waals surface area contributed by atoms with Crippen molar-refractivity contribution in [3.63, 3.8) is 0 Å². The van der Waals surface area contributed by atoms with Crippen LogP contribution in [-0.4, -0.2) is 55.1 Å². The van der Waals surface area contributed by atoms with Crippen LogP contribution in [0.1, 0.15) is 11.1 Å². The molecule has 0 heterocycles. The van der Waals surface area contributed by atoms with E-state index in [4.69, 9.17) is 14.9 Å². The Bertz CT molecular complexity index is 423. The molecule has 0 aliphatic carbocycles. The van der Waals surface area contributed by atoms with Gasteiger partial charge in [-0.3, -0.25) is 4.90 Å². The van der Waals surface area contributed by atoms with Crippen LogP contribution in [-0.2, 0) is 11.3 Å². The van der Waals surface area contributed by atoms with Crippen molar-refractivity contribution >= 4 is 0 Å². The van der Waals surface area contributed by atoms with E-state index < -0.39 is 0 Å². The SMILES string of the molecule is COCCN(CCO)Cc1cccc(C#CCO)c1. The molecule has 0 fully saturated rings. The largest absolute Gasteiger partial charge is 0.395 e. The zero-order valence-electron chi connectivity index (χ0n) is 11.3. The van der Waals surface area contributed by atoms with E-state index >= 15 is 0 Å². The normalized spacial score (nSPS) is 10.3. The molecule has 1 aromatic carbocycles. The van der Waals surface area contributed by atoms with Gasteiger partial charge in [0.1, 0.15) is 6.61 Å². The molecular weight excluding hydrogens is 242 g/mol. The second kappa shape index (κ2) is 9.54. The van der Waals surface area contributed by atoms with Crippen molar-refractivity contribution < 1.29 is 14.9 Å². The van der Waals surface area contributed by atoms with Crippen molar-refractivity contribution in [2.24, 2.45) is 0 Å². The topological polar surface area (TPSA) is 52.9 Å². The molecule has 4 heteroatoms. The van der Waals surface area contributed by atoms with Crippen LogP contribution in [0, 0.1) is 11.8 Å². The second-order valence-electron chi connectivity index (χ2n) is 4.15. The first kappa shape index (κ1) is 15.7. The number of benzene rings is 1. The van der Waals surface area contributed by atoms with Crippen molar-refractivity contribution in [2.45, 2.75) is 6.54 Å². The molecule has 19 heavy (non-hydrogen) atoms. The monoisotopic (exact) mass is 263 g/mol. The van der Waals surface area contributed by atoms with Crippen molar-refractivity contribution in [1.29, 1.82) is 0 Å². The van der Waals surface area contributed by atoms with Crippen LogP contribution in [0.25, 0.3) is 0 Å². The fourth-order valence-electron chi connectivity index (χ4n) is 1.78. The van der Waals surface area contributed by atoms with Crippen molar-refractivity contribution in [2.75, 3.05) is 40.0 Å². The van der Waals surface area contributed by atoms with Crippen LogP contribution < -0.4 is 0 Å². The molecular formula is C15H21NO3. The van der Waals surface area contributed by atoms with Gasteiger partial charge in [0.05, 0.1) is 13.2 Å². The lowest BCUT2D eigenvalue weighted by Crippen LogP contribution is -2.29. The molecule has 0 unspecified atom stereocenters. The summed E-state index contributed by atoms with van der Waals surface area (Å²) in [4.78, 5) is 2.13. The molecule has 1 rings (SSSR count). The van der Waals surface area contributed by atoms with Crippen LogP contribution in [0.4, 0.5) is 0 Å². The number of aliphatic hydroxyl groups is 2. The highest BCUT2D eigenvalue weighted by Gasteiger charge is 2.05. The number of hydrogen-bond acceptors (Lipinski definition) is 4. The van der Waals surface area contributed by atoms with E-state index in [1.54, 1.807) is 7.11 Å². The number of nitrogens with zero attached hydrogens (tertiary/aromatic N) is 1. The van der Waals surface area contributed by atoms with Crippen LogP contribution >= 0.6 is 0 Å². The number of methoxy groups -OCH3 is 1. The molecule has 0 bridgehead atoms. The van der Waals surface area contributed by atoms with E-state index in [1.165, 1.54) is 0 Å². The molecule has 0 saturated heterocycles. The Labute approximate surface area is 114 Å². The Balaban J connectivity index is 2.67. The average molecular weight is 263 g/mol. The smallest absolute Gasteiger partial charge is 0.104 e. The highest BCUT2D eigenvalue weighted by molar-refractivity contribution is 5.37. The minimum atomic E-state index is -0.130. The van der Waals surface area contributed by atoms with Gasteiger partial charge in [-0.25, -0.2) is 0 Å². The van der Waals surface area contributed by atoms with Crippen LogP contribution in [0.5, 0.6) is 0 Å². The molecule has 0 aliphatic heterocycles. The average Bonchev–Trinajstić information content (AvgIpc) is 2.43. The summed E-state index contributed by atoms with van der Waals surface area (Å²) >= 11 is 0. The van der Waals surface area contributed by atoms with Gasteiger partial charge in [0.2, 0.25) is 0 Å². The van der Waals surface area contributed by atoms with Gasteiger partial charge in [0.25, 0.3) is 0 Å². The zero-order chi connectivity index (χ0) is 13.9. The van der Waals surface area contributed by atoms with E-state index in [0.29, 0.717) is 13.2 Å². The fourth-order valence-corrected chi connectivity index (χ4v) is 1.78. The summed E-state index contributed by atoms with van der Waals surface area (Å²) < 4.78 is 5.06. The van der Waals surface area contributed by atoms with Crippen LogP contribution in [0.15, 0.2) is 24.3 Å². The second-order valence-corrected chi connectivity index (χ2v) is 4.15. The molecule has 0 saturated carbocycles. The minimum Gasteiger partial charge on any atom is -0.395 e. The van der Waals surface area contributed by atoms with Gasteiger partial charge in [-0.15, -0.1) is 0 Å². The summed E-state index contributed by atoms with van der Waals surface area (Å²) in [6.45, 7) is 2.80. The highest BCUT2D eigenvalue weighted by atomic mass is 16.5. The standard InChI is InChI=1S/C15H21NO3/c1-19-11-8-16(7-10-18)13-15-5-2-4-14(12-15)6-3-9-17/h2,4-5,12,17-18H,7-11,13H2,1H3. The molecule has 0 atom stereocenters. The van der Waals surface area contributed by atoms with Gasteiger partial charge < -0.3 is 14.9 Å². The zero-order valence-corrected chi connectivity index (χ0v) is 11.3. The molecule has 4 nitrogen and oxygen atoms in total. The van der Waals surface area contributed by atoms with E-state index in [0.717, 1.165) is 24.2 Å². The van der Waals surface area contributed by atoms with E-state index in [-0.39, 0.29) is 13.2 Å². The number of ether oxygens (including phenoxy) is 1. The third-order valence-corrected chi connectivity index (χ3v) is 2.67. The Hall–Kier alpha value is -1.38. The van der Waals surface area contributed by atoms with Gasteiger partial charge in [-0.05, 0) is 17.7 Å². The Morgan fingerprint density at radius 2 is 2.11 bits per heavy atom. The Morgan fingerprint density at radius 3 is 2.79 bits per heavy atom. The molecule has 0 radical (unpaired) electrons. The third kappa shape index (κ3) is 6.37. The molecule has 1 aromatic rings. The first-order valence-corrected chi connectivity index (χ1v) is 6.31. The highest BCUT2D eigenvalue weighted by Crippen LogP contribution is 2.07. The predicted octanol–water partition coefficient (Wildman–Crippen LogP) is 0.471. The van der Waals surface area contributed by atoms with Gasteiger partial charge in [0, 0.05) is 32.3 Å². The summed E-state index contributed by atoms with van der Waals surface area (Å²) in [6.07, 6.45) is 0. The molecule has 2 N–H and O–H groups in total. The predicted molar refractivity (Wildman–Crippen MR) is 74.6 cm³/mol. The lowest BCUT2D eigenvalue weighted by atomic mass is 10.1. The quantitative estimate of drug-likeness (QED) is 0.702. The van der Waals surface area contributed by atoms with Gasteiger partial charge in [-0.1, -0.05) is 24.0 Å². The van der Waals surface area contributed by atoms with Crippen molar-refractivity contribution in [1.82, 2.24) is 4.90 Å². The first-order valence-electron chi connectivity index (χ1n) is 6.31. The van der Waals surface area contributed by atoms with E-state index in [1.807, 2.05) is 24.3 Å². The minimum absolute atomic E-state index is 0.130. The molecule has 0 spiro atoms. The summed E-state index contributed by atoms with van der Waals surface area (Å²) in [6, 6.07) is 7.89. The Kier molecular flexibility index (Phi) is 7.87. The van der Waals surface area contributed by atoms with Crippen LogP contribution in [0.3, 0.4) is 0 Å². The number of rotatable bonds is 7. The molecule has 104 valence electrons. The van der Waals surface area contributed by atoms with Gasteiger partial charge >= 0.3 is 0 Å². The fraction of sp³-hybridized carbons (Fsp3) is 0.467. The molecule has 0 amide bonds. The van der Waals surface area contributed by atoms with Gasteiger partial charge in [-0.2, -0.15) is 0 Å². The summed E-state index contributed by atoms with van der Waals surface area (Å²) in [5.41, 5.74) is 2.02. The Morgan fingerprint density at radius 1 is 1.26 bits per heavy atom. The van der Waals surface area contributed by atoms with Gasteiger partial charge in [0.15, 0.2) is 0 Å². The lowest BCUT2D eigenvalue weighted by Gasteiger charge is -2.20. The molecule has 0 aromatic heterocycles. The summed E-state index contributed by atoms with van der Waals surface area (Å²) in [5, 5.41) is 17.7. The summed E-state index contributed by atoms with van der Waals surface area (Å²) in [5.74, 6) is 5.53. The van der Waals surface area contributed by atoms with E-state index in [2.05, 4.69) is 16.7 Å². The van der Waals surface area contributed by atoms with E-state index in [9.17, 15) is 0 Å². The van der Waals surface area contributed by atoms with Crippen molar-refractivity contribution in [3.05, 3.63) is 35.4 Å². The van der Waals surface area contributed by atoms with Crippen molar-refractivity contribution in [3.8, 4) is 11.8 Å². The molecule has 0 aliphatic rings. The first-order chi connectivity index (χ1) is 9.30. The maximum Gasteiger partial charge on any atom is 0.104 e. The number of hydrogen-bond donors (Lipinski definition) is 2. The van der Waals surface area contributed by atoms with Crippen LogP contribution in [0.2, 0.25) is 0 Å².